The molecule has 1 rings (SSSR count). The van der Waals surface area contributed by atoms with Gasteiger partial charge in [0.25, 0.3) is 5.91 Å². The fourth-order valence-electron chi connectivity index (χ4n) is 1.24. The van der Waals surface area contributed by atoms with Crippen molar-refractivity contribution in [1.82, 2.24) is 4.90 Å². The van der Waals surface area contributed by atoms with E-state index >= 15 is 0 Å². The van der Waals surface area contributed by atoms with Crippen LogP contribution in [-0.4, -0.2) is 36.9 Å². The van der Waals surface area contributed by atoms with Crippen LogP contribution in [0.15, 0.2) is 24.3 Å². The normalized spacial score (nSPS) is 11.1. The molecule has 0 fully saturated rings. The Morgan fingerprint density at radius 2 is 1.94 bits per heavy atom. The number of nitrogens with zero attached hydrogens (tertiary/aromatic N) is 1. The Hall–Kier alpha value is -1.59. The summed E-state index contributed by atoms with van der Waals surface area (Å²) in [5.74, 6) is -0.388. The van der Waals surface area contributed by atoms with E-state index in [9.17, 15) is 9.59 Å². The van der Waals surface area contributed by atoms with Gasteiger partial charge in [0.15, 0.2) is 0 Å². The molecule has 2 amide bonds. The van der Waals surface area contributed by atoms with Crippen LogP contribution in [0.2, 0.25) is 0 Å². The summed E-state index contributed by atoms with van der Waals surface area (Å²) in [6.07, 6.45) is 0. The van der Waals surface area contributed by atoms with Crippen LogP contribution in [0.1, 0.15) is 17.3 Å². The van der Waals surface area contributed by atoms with Crippen LogP contribution < -0.4 is 11.1 Å². The molecule has 0 aliphatic rings. The molecule has 0 aromatic heterocycles. The van der Waals surface area contributed by atoms with Crippen molar-refractivity contribution in [2.45, 2.75) is 13.0 Å². The number of anilines is 1. The minimum atomic E-state index is -0.580. The molecular weight excluding hydrogens is 254 g/mol. The minimum Gasteiger partial charge on any atom is -0.345 e. The van der Waals surface area contributed by atoms with Crippen LogP contribution >= 0.6 is 12.4 Å². The second-order valence-electron chi connectivity index (χ2n) is 4.06. The summed E-state index contributed by atoms with van der Waals surface area (Å²) in [4.78, 5) is 24.6. The average Bonchev–Trinajstić information content (AvgIpc) is 2.28. The molecule has 1 aromatic carbocycles. The number of hydrogen-bond donors (Lipinski definition) is 2. The maximum Gasteiger partial charge on any atom is 0.253 e. The van der Waals surface area contributed by atoms with Crippen molar-refractivity contribution in [3.05, 3.63) is 29.8 Å². The van der Waals surface area contributed by atoms with Crippen molar-refractivity contribution in [1.29, 1.82) is 0 Å². The highest BCUT2D eigenvalue weighted by atomic mass is 35.5. The van der Waals surface area contributed by atoms with Gasteiger partial charge < -0.3 is 16.0 Å². The number of benzene rings is 1. The van der Waals surface area contributed by atoms with Gasteiger partial charge in [0.2, 0.25) is 5.91 Å². The summed E-state index contributed by atoms with van der Waals surface area (Å²) in [7, 11) is 3.35. The minimum absolute atomic E-state index is 0. The van der Waals surface area contributed by atoms with Gasteiger partial charge in [-0.3, -0.25) is 9.59 Å². The lowest BCUT2D eigenvalue weighted by atomic mass is 10.1. The summed E-state index contributed by atoms with van der Waals surface area (Å²) in [5, 5.41) is 2.64. The number of nitrogens with two attached hydrogens (primary N) is 1. The number of nitrogens with one attached hydrogen (secondary N) is 1. The number of carbonyl (C=O) groups is 2. The van der Waals surface area contributed by atoms with Gasteiger partial charge in [-0.15, -0.1) is 12.4 Å². The smallest absolute Gasteiger partial charge is 0.253 e. The van der Waals surface area contributed by atoms with Gasteiger partial charge in [0.1, 0.15) is 0 Å². The zero-order chi connectivity index (χ0) is 13.0. The van der Waals surface area contributed by atoms with Crippen molar-refractivity contribution < 1.29 is 9.59 Å². The van der Waals surface area contributed by atoms with Crippen LogP contribution in [0.3, 0.4) is 0 Å². The highest BCUT2D eigenvalue weighted by molar-refractivity contribution is 5.98. The molecule has 0 saturated carbocycles. The van der Waals surface area contributed by atoms with Crippen LogP contribution in [0, 0.1) is 0 Å². The van der Waals surface area contributed by atoms with Gasteiger partial charge in [-0.1, -0.05) is 6.07 Å². The molecule has 0 aliphatic carbocycles. The summed E-state index contributed by atoms with van der Waals surface area (Å²) in [5.41, 5.74) is 6.54. The Balaban J connectivity index is 0.00000289. The average molecular weight is 272 g/mol. The summed E-state index contributed by atoms with van der Waals surface area (Å²) in [6, 6.07) is 6.18. The lowest BCUT2D eigenvalue weighted by Crippen LogP contribution is -2.32. The van der Waals surface area contributed by atoms with Gasteiger partial charge in [0, 0.05) is 25.3 Å². The topological polar surface area (TPSA) is 75.4 Å². The molecule has 0 spiro atoms. The number of carbonyl (C=O) groups excluding carboxylic acids is 2. The van der Waals surface area contributed by atoms with Crippen molar-refractivity contribution in [3.63, 3.8) is 0 Å². The van der Waals surface area contributed by atoms with E-state index in [1.165, 1.54) is 4.90 Å². The molecule has 0 heterocycles. The predicted molar refractivity (Wildman–Crippen MR) is 74.0 cm³/mol. The standard InChI is InChI=1S/C12H17N3O2.ClH/c1-8(13)11(16)14-10-6-4-5-9(7-10)12(17)15(2)3;/h4-8H,13H2,1-3H3,(H,14,16);1H/t8-;/m0./s1. The van der Waals surface area contributed by atoms with Gasteiger partial charge in [-0.2, -0.15) is 0 Å². The highest BCUT2D eigenvalue weighted by Crippen LogP contribution is 2.12. The third kappa shape index (κ3) is 4.35. The summed E-state index contributed by atoms with van der Waals surface area (Å²) in [6.45, 7) is 1.60. The molecule has 3 N–H and O–H groups in total. The highest BCUT2D eigenvalue weighted by Gasteiger charge is 2.11. The molecule has 0 saturated heterocycles. The summed E-state index contributed by atoms with van der Waals surface area (Å²) >= 11 is 0. The second-order valence-corrected chi connectivity index (χ2v) is 4.06. The number of halogens is 1. The first-order valence-electron chi connectivity index (χ1n) is 5.30. The van der Waals surface area contributed by atoms with Crippen LogP contribution in [0.4, 0.5) is 5.69 Å². The fraction of sp³-hybridized carbons (Fsp3) is 0.333. The van der Waals surface area contributed by atoms with Crippen LogP contribution in [0.25, 0.3) is 0 Å². The Bertz CT molecular complexity index is 433. The van der Waals surface area contributed by atoms with Crippen LogP contribution in [-0.2, 0) is 4.79 Å². The molecule has 0 aliphatic heterocycles. The van der Waals surface area contributed by atoms with Crippen molar-refractivity contribution in [3.8, 4) is 0 Å². The molecule has 0 radical (unpaired) electrons. The van der Waals surface area contributed by atoms with E-state index in [0.717, 1.165) is 0 Å². The molecule has 1 aromatic rings. The SMILES string of the molecule is C[C@H](N)C(=O)Nc1cccc(C(=O)N(C)C)c1.Cl. The molecular formula is C12H18ClN3O2. The first-order chi connectivity index (χ1) is 7.91. The first kappa shape index (κ1) is 16.4. The predicted octanol–water partition coefficient (Wildman–Crippen LogP) is 1.10. The Morgan fingerprint density at radius 3 is 2.44 bits per heavy atom. The van der Waals surface area contributed by atoms with E-state index < -0.39 is 6.04 Å². The molecule has 0 bridgehead atoms. The number of rotatable bonds is 3. The van der Waals surface area contributed by atoms with Crippen molar-refractivity contribution in [2.75, 3.05) is 19.4 Å². The largest absolute Gasteiger partial charge is 0.345 e. The zero-order valence-electron chi connectivity index (χ0n) is 10.6. The first-order valence-corrected chi connectivity index (χ1v) is 5.30. The van der Waals surface area contributed by atoms with E-state index in [1.807, 2.05) is 0 Å². The molecule has 0 unspecified atom stereocenters. The lowest BCUT2D eigenvalue weighted by molar-refractivity contribution is -0.117. The van der Waals surface area contributed by atoms with E-state index in [0.29, 0.717) is 11.3 Å². The van der Waals surface area contributed by atoms with Crippen molar-refractivity contribution in [2.24, 2.45) is 5.73 Å². The van der Waals surface area contributed by atoms with E-state index in [4.69, 9.17) is 5.73 Å². The molecule has 18 heavy (non-hydrogen) atoms. The number of amides is 2. The monoisotopic (exact) mass is 271 g/mol. The number of hydrogen-bond acceptors (Lipinski definition) is 3. The third-order valence-electron chi connectivity index (χ3n) is 2.20. The van der Waals surface area contributed by atoms with Gasteiger partial charge in [-0.05, 0) is 25.1 Å². The van der Waals surface area contributed by atoms with E-state index in [2.05, 4.69) is 5.32 Å². The lowest BCUT2D eigenvalue weighted by Gasteiger charge is -2.12. The molecule has 5 nitrogen and oxygen atoms in total. The maximum atomic E-state index is 11.7. The Morgan fingerprint density at radius 1 is 1.33 bits per heavy atom. The van der Waals surface area contributed by atoms with Crippen LogP contribution in [0.5, 0.6) is 0 Å². The molecule has 1 atom stereocenters. The van der Waals surface area contributed by atoms with Gasteiger partial charge in [-0.25, -0.2) is 0 Å². The summed E-state index contributed by atoms with van der Waals surface area (Å²) < 4.78 is 0. The third-order valence-corrected chi connectivity index (χ3v) is 2.20. The van der Waals surface area contributed by atoms with E-state index in [1.54, 1.807) is 45.3 Å². The fourth-order valence-corrected chi connectivity index (χ4v) is 1.24. The quantitative estimate of drug-likeness (QED) is 0.864. The van der Waals surface area contributed by atoms with Gasteiger partial charge >= 0.3 is 0 Å². The second kappa shape index (κ2) is 6.98. The molecule has 100 valence electrons. The van der Waals surface area contributed by atoms with E-state index in [-0.39, 0.29) is 24.2 Å². The Kier molecular flexibility index (Phi) is 6.36. The maximum absolute atomic E-state index is 11.7. The van der Waals surface area contributed by atoms with Crippen molar-refractivity contribution >= 4 is 29.9 Å². The van der Waals surface area contributed by atoms with Gasteiger partial charge in [0.05, 0.1) is 6.04 Å². The molecule has 6 heteroatoms. The zero-order valence-corrected chi connectivity index (χ0v) is 11.5. The Labute approximate surface area is 113 Å².